The minimum Gasteiger partial charge on any atom is -0.338 e. The van der Waals surface area contributed by atoms with Crippen molar-refractivity contribution in [1.29, 1.82) is 0 Å². The first-order valence-electron chi connectivity index (χ1n) is 7.13. The summed E-state index contributed by atoms with van der Waals surface area (Å²) in [5, 5.41) is 15.1. The Hall–Kier alpha value is -1.67. The molecule has 124 valence electrons. The van der Waals surface area contributed by atoms with Crippen LogP contribution in [0.5, 0.6) is 0 Å². The Bertz CT molecular complexity index is 560. The van der Waals surface area contributed by atoms with Gasteiger partial charge in [0, 0.05) is 25.6 Å². The van der Waals surface area contributed by atoms with E-state index in [9.17, 15) is 14.9 Å². The molecule has 0 spiro atoms. The van der Waals surface area contributed by atoms with E-state index in [0.717, 1.165) is 19.4 Å². The summed E-state index contributed by atoms with van der Waals surface area (Å²) in [6.45, 7) is 4.84. The number of hydrogen-bond acceptors (Lipinski definition) is 5. The maximum absolute atomic E-state index is 12.2. The summed E-state index contributed by atoms with van der Waals surface area (Å²) in [5.41, 5.74) is 6.56. The number of likely N-dealkylation sites (tertiary alicyclic amines) is 1. The van der Waals surface area contributed by atoms with E-state index >= 15 is 0 Å². The number of nitrogens with two attached hydrogens (primary N) is 1. The molecule has 1 unspecified atom stereocenters. The first-order chi connectivity index (χ1) is 9.95. The lowest BCUT2D eigenvalue weighted by atomic mass is 10.2. The number of carbonyl (C=O) groups excluding carboxylic acids is 1. The second-order valence-electron chi connectivity index (χ2n) is 5.37. The molecule has 2 rings (SSSR count). The predicted molar refractivity (Wildman–Crippen MR) is 84.0 cm³/mol. The third-order valence-corrected chi connectivity index (χ3v) is 4.03. The Morgan fingerprint density at radius 1 is 1.50 bits per heavy atom. The second kappa shape index (κ2) is 7.55. The van der Waals surface area contributed by atoms with E-state index in [-0.39, 0.29) is 36.5 Å². The third-order valence-electron chi connectivity index (χ3n) is 4.03. The van der Waals surface area contributed by atoms with E-state index in [1.54, 1.807) is 18.5 Å². The zero-order chi connectivity index (χ0) is 15.6. The van der Waals surface area contributed by atoms with E-state index in [4.69, 9.17) is 5.73 Å². The van der Waals surface area contributed by atoms with Crippen molar-refractivity contribution in [2.45, 2.75) is 45.7 Å². The molecule has 22 heavy (non-hydrogen) atoms. The first kappa shape index (κ1) is 18.4. The molecular weight excluding hydrogens is 310 g/mol. The minimum absolute atomic E-state index is 0. The van der Waals surface area contributed by atoms with Gasteiger partial charge in [-0.15, -0.1) is 12.4 Å². The van der Waals surface area contributed by atoms with Gasteiger partial charge in [-0.3, -0.25) is 19.6 Å². The number of aryl methyl sites for hydroxylation is 2. The van der Waals surface area contributed by atoms with Crippen LogP contribution in [0.3, 0.4) is 0 Å². The van der Waals surface area contributed by atoms with Crippen molar-refractivity contribution in [2.75, 3.05) is 13.1 Å². The van der Waals surface area contributed by atoms with E-state index in [0.29, 0.717) is 24.5 Å². The molecule has 2 heterocycles. The lowest BCUT2D eigenvalue weighted by molar-refractivity contribution is -0.386. The van der Waals surface area contributed by atoms with Crippen LogP contribution in [-0.4, -0.2) is 44.6 Å². The Labute approximate surface area is 135 Å². The molecule has 2 N–H and O–H groups in total. The van der Waals surface area contributed by atoms with Gasteiger partial charge in [0.15, 0.2) is 0 Å². The zero-order valence-electron chi connectivity index (χ0n) is 12.8. The lowest BCUT2D eigenvalue weighted by Crippen LogP contribution is -2.40. The zero-order valence-corrected chi connectivity index (χ0v) is 13.6. The van der Waals surface area contributed by atoms with Gasteiger partial charge in [-0.05, 0) is 26.7 Å². The Balaban J connectivity index is 0.00000242. The highest BCUT2D eigenvalue weighted by atomic mass is 35.5. The summed E-state index contributed by atoms with van der Waals surface area (Å²) in [4.78, 5) is 24.6. The summed E-state index contributed by atoms with van der Waals surface area (Å²) in [6, 6.07) is 0.132. The number of hydrogen-bond donors (Lipinski definition) is 1. The monoisotopic (exact) mass is 331 g/mol. The van der Waals surface area contributed by atoms with Crippen molar-refractivity contribution in [3.8, 4) is 0 Å². The van der Waals surface area contributed by atoms with Gasteiger partial charge in [0.25, 0.3) is 0 Å². The topological polar surface area (TPSA) is 107 Å². The van der Waals surface area contributed by atoms with Crippen LogP contribution in [0.15, 0.2) is 0 Å². The largest absolute Gasteiger partial charge is 0.338 e. The first-order valence-corrected chi connectivity index (χ1v) is 7.13. The molecule has 8 nitrogen and oxygen atoms in total. The average Bonchev–Trinajstić information content (AvgIpc) is 3.00. The number of amides is 1. The fourth-order valence-electron chi connectivity index (χ4n) is 2.92. The van der Waals surface area contributed by atoms with Crippen molar-refractivity contribution < 1.29 is 9.72 Å². The van der Waals surface area contributed by atoms with Crippen LogP contribution in [0.25, 0.3) is 0 Å². The van der Waals surface area contributed by atoms with Crippen molar-refractivity contribution in [3.63, 3.8) is 0 Å². The predicted octanol–water partition coefficient (Wildman–Crippen LogP) is 1.17. The van der Waals surface area contributed by atoms with Crippen molar-refractivity contribution >= 4 is 24.0 Å². The van der Waals surface area contributed by atoms with Crippen LogP contribution in [-0.2, 0) is 11.3 Å². The number of nitrogens with zero attached hydrogens (tertiary/aromatic N) is 4. The number of carbonyl (C=O) groups is 1. The highest BCUT2D eigenvalue weighted by Crippen LogP contribution is 2.22. The number of halogens is 1. The van der Waals surface area contributed by atoms with E-state index in [1.165, 1.54) is 0 Å². The molecule has 1 aliphatic rings. The smallest absolute Gasteiger partial charge is 0.312 e. The van der Waals surface area contributed by atoms with E-state index in [1.807, 2.05) is 4.90 Å². The molecule has 0 saturated carbocycles. The SMILES string of the molecule is Cc1nn(CCC(=O)N2CCCC2CN)c(C)c1[N+](=O)[O-].Cl. The molecule has 0 aliphatic carbocycles. The second-order valence-corrected chi connectivity index (χ2v) is 5.37. The fourth-order valence-corrected chi connectivity index (χ4v) is 2.92. The molecule has 1 atom stereocenters. The molecule has 1 aromatic rings. The summed E-state index contributed by atoms with van der Waals surface area (Å²) >= 11 is 0. The van der Waals surface area contributed by atoms with Gasteiger partial charge < -0.3 is 10.6 Å². The molecule has 0 bridgehead atoms. The number of aromatic nitrogens is 2. The molecule has 1 amide bonds. The molecule has 0 aromatic carbocycles. The maximum Gasteiger partial charge on any atom is 0.312 e. The third kappa shape index (κ3) is 3.56. The van der Waals surface area contributed by atoms with Gasteiger partial charge in [0.2, 0.25) is 5.91 Å². The van der Waals surface area contributed by atoms with Crippen LogP contribution in [0.2, 0.25) is 0 Å². The number of nitro groups is 1. The molecule has 1 aliphatic heterocycles. The van der Waals surface area contributed by atoms with E-state index < -0.39 is 4.92 Å². The lowest BCUT2D eigenvalue weighted by Gasteiger charge is -2.23. The molecular formula is C13H22ClN5O3. The molecule has 9 heteroatoms. The highest BCUT2D eigenvalue weighted by Gasteiger charge is 2.28. The molecule has 0 radical (unpaired) electrons. The molecule has 1 fully saturated rings. The Morgan fingerprint density at radius 3 is 2.73 bits per heavy atom. The fraction of sp³-hybridized carbons (Fsp3) is 0.692. The van der Waals surface area contributed by atoms with Gasteiger partial charge >= 0.3 is 5.69 Å². The summed E-state index contributed by atoms with van der Waals surface area (Å²) in [7, 11) is 0. The Kier molecular flexibility index (Phi) is 6.31. The van der Waals surface area contributed by atoms with Crippen LogP contribution < -0.4 is 5.73 Å². The van der Waals surface area contributed by atoms with Gasteiger partial charge in [-0.2, -0.15) is 5.10 Å². The quantitative estimate of drug-likeness (QED) is 0.643. The van der Waals surface area contributed by atoms with Crippen LogP contribution in [0, 0.1) is 24.0 Å². The van der Waals surface area contributed by atoms with Gasteiger partial charge in [-0.25, -0.2) is 0 Å². The minimum atomic E-state index is -0.430. The average molecular weight is 332 g/mol. The van der Waals surface area contributed by atoms with Crippen molar-refractivity contribution in [2.24, 2.45) is 5.73 Å². The Morgan fingerprint density at radius 2 is 2.18 bits per heavy atom. The highest BCUT2D eigenvalue weighted by molar-refractivity contribution is 5.85. The summed E-state index contributed by atoms with van der Waals surface area (Å²) in [5.74, 6) is 0.0400. The summed E-state index contributed by atoms with van der Waals surface area (Å²) in [6.07, 6.45) is 2.22. The van der Waals surface area contributed by atoms with Gasteiger partial charge in [0.05, 0.1) is 11.5 Å². The van der Waals surface area contributed by atoms with Crippen LogP contribution in [0.1, 0.15) is 30.7 Å². The maximum atomic E-state index is 12.2. The molecule has 1 saturated heterocycles. The summed E-state index contributed by atoms with van der Waals surface area (Å²) < 4.78 is 1.54. The standard InChI is InChI=1S/C13H21N5O3.ClH/c1-9-13(18(20)21)10(2)17(15-9)7-5-12(19)16-6-3-4-11(16)8-14;/h11H,3-8,14H2,1-2H3;1H. The van der Waals surface area contributed by atoms with Crippen LogP contribution in [0.4, 0.5) is 5.69 Å². The normalized spacial score (nSPS) is 17.4. The van der Waals surface area contributed by atoms with Crippen LogP contribution >= 0.6 is 12.4 Å². The van der Waals surface area contributed by atoms with E-state index in [2.05, 4.69) is 5.10 Å². The van der Waals surface area contributed by atoms with Gasteiger partial charge in [-0.1, -0.05) is 0 Å². The molecule has 1 aromatic heterocycles. The van der Waals surface area contributed by atoms with Crippen molar-refractivity contribution in [1.82, 2.24) is 14.7 Å². The number of rotatable bonds is 5. The van der Waals surface area contributed by atoms with Crippen molar-refractivity contribution in [3.05, 3.63) is 21.5 Å². The van der Waals surface area contributed by atoms with Gasteiger partial charge in [0.1, 0.15) is 11.4 Å².